The third kappa shape index (κ3) is 12.9. The summed E-state index contributed by atoms with van der Waals surface area (Å²) in [6.45, 7) is 6.99. The van der Waals surface area contributed by atoms with Crippen molar-refractivity contribution in [3.05, 3.63) is 16.7 Å². The molecule has 0 saturated heterocycles. The van der Waals surface area contributed by atoms with Gasteiger partial charge in [-0.1, -0.05) is 124 Å². The smallest absolute Gasteiger partial charge is 0.343 e. The summed E-state index contributed by atoms with van der Waals surface area (Å²) in [7, 11) is 0. The molecule has 0 bridgehead atoms. The fourth-order valence-electron chi connectivity index (χ4n) is 5.09. The second-order valence-corrected chi connectivity index (χ2v) is 10.7. The van der Waals surface area contributed by atoms with E-state index in [0.29, 0.717) is 25.0 Å². The zero-order valence-electron chi connectivity index (χ0n) is 24.2. The van der Waals surface area contributed by atoms with E-state index in [9.17, 15) is 20.1 Å². The van der Waals surface area contributed by atoms with Crippen LogP contribution in [0.15, 0.2) is 0 Å². The Morgan fingerprint density at radius 3 is 1.43 bits per heavy atom. The molecule has 0 saturated carbocycles. The summed E-state index contributed by atoms with van der Waals surface area (Å²) in [4.78, 5) is 12.1. The summed E-state index contributed by atoms with van der Waals surface area (Å²) in [5.41, 5.74) is 1.18. The second-order valence-electron chi connectivity index (χ2n) is 10.7. The Hall–Kier alpha value is -1.91. The number of carbonyl (C=O) groups is 1. The van der Waals surface area contributed by atoms with Gasteiger partial charge in [-0.15, -0.1) is 0 Å². The van der Waals surface area contributed by atoms with Crippen molar-refractivity contribution in [3.8, 4) is 17.2 Å². The third-order valence-corrected chi connectivity index (χ3v) is 7.38. The molecule has 0 heterocycles. The van der Waals surface area contributed by atoms with E-state index in [4.69, 9.17) is 4.74 Å². The molecule has 0 spiro atoms. The van der Waals surface area contributed by atoms with Crippen LogP contribution in [0.5, 0.6) is 17.2 Å². The quantitative estimate of drug-likeness (QED) is 0.0932. The molecule has 0 aliphatic heterocycles. The van der Waals surface area contributed by atoms with Gasteiger partial charge < -0.3 is 20.1 Å². The predicted molar refractivity (Wildman–Crippen MR) is 154 cm³/mol. The maximum absolute atomic E-state index is 12.1. The number of rotatable bonds is 24. The normalized spacial score (nSPS) is 11.2. The maximum Gasteiger partial charge on any atom is 0.343 e. The number of hydrogen-bond acceptors (Lipinski definition) is 4. The molecule has 1 rings (SSSR count). The highest BCUT2D eigenvalue weighted by atomic mass is 16.5. The first-order chi connectivity index (χ1) is 18.0. The molecule has 5 nitrogen and oxygen atoms in total. The number of aromatic hydroxyl groups is 2. The Labute approximate surface area is 227 Å². The summed E-state index contributed by atoms with van der Waals surface area (Å²) >= 11 is 0. The van der Waals surface area contributed by atoms with Gasteiger partial charge in [-0.05, 0) is 32.1 Å². The summed E-state index contributed by atoms with van der Waals surface area (Å²) < 4.78 is 6.06. The topological polar surface area (TPSA) is 87.0 Å². The largest absolute Gasteiger partial charge is 0.504 e. The molecule has 0 aromatic heterocycles. The van der Waals surface area contributed by atoms with Crippen LogP contribution in [0.4, 0.5) is 0 Å². The SMILES string of the molecule is CCCCCCCCCCc1c(O)c(O)c(C(=O)O)c(OCCCCC)c1CCCCCCCCCC. The fourth-order valence-corrected chi connectivity index (χ4v) is 5.09. The van der Waals surface area contributed by atoms with Crippen molar-refractivity contribution in [1.29, 1.82) is 0 Å². The monoisotopic (exact) mass is 520 g/mol. The van der Waals surface area contributed by atoms with Crippen LogP contribution < -0.4 is 4.74 Å². The number of phenolic OH excluding ortho intramolecular Hbond substituents is 1. The standard InChI is InChI=1S/C32H56O5/c1-4-7-10-12-14-16-18-20-23-26-27(24-21-19-17-15-13-11-8-5-2)31(37-25-22-9-6-3)28(32(35)36)30(34)29(26)33/h33-34H,4-25H2,1-3H3,(H,35,36). The van der Waals surface area contributed by atoms with E-state index in [1.54, 1.807) is 0 Å². The van der Waals surface area contributed by atoms with Gasteiger partial charge in [0.05, 0.1) is 6.61 Å². The highest BCUT2D eigenvalue weighted by Gasteiger charge is 2.28. The van der Waals surface area contributed by atoms with Gasteiger partial charge in [0.15, 0.2) is 11.5 Å². The highest BCUT2D eigenvalue weighted by molar-refractivity contribution is 5.96. The summed E-state index contributed by atoms with van der Waals surface area (Å²) in [5.74, 6) is -1.80. The van der Waals surface area contributed by atoms with Crippen molar-refractivity contribution in [2.24, 2.45) is 0 Å². The molecule has 0 unspecified atom stereocenters. The molecule has 0 aliphatic carbocycles. The first-order valence-corrected chi connectivity index (χ1v) is 15.4. The van der Waals surface area contributed by atoms with Gasteiger partial charge in [0, 0.05) is 11.1 Å². The molecule has 5 heteroatoms. The Bertz CT molecular complexity index is 743. The van der Waals surface area contributed by atoms with E-state index >= 15 is 0 Å². The Morgan fingerprint density at radius 1 is 0.568 bits per heavy atom. The van der Waals surface area contributed by atoms with Gasteiger partial charge in [-0.3, -0.25) is 0 Å². The number of aromatic carboxylic acids is 1. The van der Waals surface area contributed by atoms with Gasteiger partial charge in [-0.2, -0.15) is 0 Å². The average molecular weight is 521 g/mol. The van der Waals surface area contributed by atoms with Crippen molar-refractivity contribution < 1.29 is 24.9 Å². The summed E-state index contributed by atoms with van der Waals surface area (Å²) in [6, 6.07) is 0. The lowest BCUT2D eigenvalue weighted by molar-refractivity contribution is 0.0687. The molecule has 0 aliphatic rings. The Kier molecular flexibility index (Phi) is 18.9. The molecule has 0 amide bonds. The Morgan fingerprint density at radius 2 is 0.973 bits per heavy atom. The van der Waals surface area contributed by atoms with Crippen molar-refractivity contribution in [3.63, 3.8) is 0 Å². The number of ether oxygens (including phenoxy) is 1. The number of carboxylic acid groups (broad SMARTS) is 1. The van der Waals surface area contributed by atoms with Crippen LogP contribution in [-0.2, 0) is 12.8 Å². The number of phenols is 2. The lowest BCUT2D eigenvalue weighted by atomic mass is 9.91. The van der Waals surface area contributed by atoms with E-state index in [1.807, 2.05) is 0 Å². The summed E-state index contributed by atoms with van der Waals surface area (Å²) in [6.07, 6.45) is 23.2. The lowest BCUT2D eigenvalue weighted by Crippen LogP contribution is -2.11. The van der Waals surface area contributed by atoms with Gasteiger partial charge in [0.1, 0.15) is 11.3 Å². The van der Waals surface area contributed by atoms with Crippen LogP contribution in [0.2, 0.25) is 0 Å². The minimum absolute atomic E-state index is 0.268. The predicted octanol–water partition coefficient (Wildman–Crippen LogP) is 9.73. The van der Waals surface area contributed by atoms with Crippen LogP contribution in [0.1, 0.15) is 164 Å². The fraction of sp³-hybridized carbons (Fsp3) is 0.781. The lowest BCUT2D eigenvalue weighted by Gasteiger charge is -2.21. The zero-order valence-corrected chi connectivity index (χ0v) is 24.2. The van der Waals surface area contributed by atoms with Crippen molar-refractivity contribution >= 4 is 5.97 Å². The molecular formula is C32H56O5. The van der Waals surface area contributed by atoms with Crippen LogP contribution in [-0.4, -0.2) is 27.9 Å². The minimum atomic E-state index is -1.26. The third-order valence-electron chi connectivity index (χ3n) is 7.38. The molecule has 37 heavy (non-hydrogen) atoms. The Balaban J connectivity index is 2.98. The number of carboxylic acids is 1. The molecule has 214 valence electrons. The molecular weight excluding hydrogens is 464 g/mol. The van der Waals surface area contributed by atoms with E-state index in [-0.39, 0.29) is 17.1 Å². The van der Waals surface area contributed by atoms with Gasteiger partial charge in [0.25, 0.3) is 0 Å². The van der Waals surface area contributed by atoms with Crippen molar-refractivity contribution in [2.75, 3.05) is 6.61 Å². The van der Waals surface area contributed by atoms with Crippen molar-refractivity contribution in [2.45, 2.75) is 156 Å². The van der Waals surface area contributed by atoms with Gasteiger partial charge >= 0.3 is 5.97 Å². The highest BCUT2D eigenvalue weighted by Crippen LogP contribution is 2.44. The zero-order chi connectivity index (χ0) is 27.3. The molecule has 0 fully saturated rings. The van der Waals surface area contributed by atoms with E-state index in [2.05, 4.69) is 20.8 Å². The van der Waals surface area contributed by atoms with Gasteiger partial charge in [-0.25, -0.2) is 4.79 Å². The van der Waals surface area contributed by atoms with Gasteiger partial charge in [0.2, 0.25) is 0 Å². The minimum Gasteiger partial charge on any atom is -0.504 e. The molecule has 3 N–H and O–H groups in total. The van der Waals surface area contributed by atoms with E-state index in [0.717, 1.165) is 56.9 Å². The molecule has 1 aromatic rings. The average Bonchev–Trinajstić information content (AvgIpc) is 2.88. The maximum atomic E-state index is 12.1. The van der Waals surface area contributed by atoms with E-state index in [1.165, 1.54) is 70.6 Å². The van der Waals surface area contributed by atoms with Crippen LogP contribution >= 0.6 is 0 Å². The first kappa shape index (κ1) is 33.1. The molecule has 1 aromatic carbocycles. The van der Waals surface area contributed by atoms with Crippen LogP contribution in [0.3, 0.4) is 0 Å². The number of hydrogen-bond donors (Lipinski definition) is 3. The van der Waals surface area contributed by atoms with Crippen molar-refractivity contribution in [1.82, 2.24) is 0 Å². The molecule has 0 radical (unpaired) electrons. The number of benzene rings is 1. The van der Waals surface area contributed by atoms with E-state index < -0.39 is 11.7 Å². The summed E-state index contributed by atoms with van der Waals surface area (Å²) in [5, 5.41) is 31.5. The first-order valence-electron chi connectivity index (χ1n) is 15.4. The van der Waals surface area contributed by atoms with Crippen LogP contribution in [0, 0.1) is 0 Å². The second kappa shape index (κ2) is 21.1. The van der Waals surface area contributed by atoms with Crippen LogP contribution in [0.25, 0.3) is 0 Å². The molecule has 0 atom stereocenters. The number of unbranched alkanes of at least 4 members (excludes halogenated alkanes) is 16.